The third-order valence-corrected chi connectivity index (χ3v) is 3.73. The van der Waals surface area contributed by atoms with Crippen LogP contribution < -0.4 is 0 Å². The van der Waals surface area contributed by atoms with Crippen LogP contribution in [-0.4, -0.2) is 59.3 Å². The molecule has 0 saturated carbocycles. The molecule has 0 heterocycles. The topological polar surface area (TPSA) is 60.7 Å². The Kier molecular flexibility index (Phi) is 8.46. The van der Waals surface area contributed by atoms with Gasteiger partial charge >= 0.3 is 0 Å². The predicted molar refractivity (Wildman–Crippen MR) is 80.1 cm³/mol. The van der Waals surface area contributed by atoms with Crippen molar-refractivity contribution < 1.29 is 19.8 Å². The van der Waals surface area contributed by atoms with Gasteiger partial charge < -0.3 is 19.8 Å². The molecule has 1 aromatic carbocycles. The van der Waals surface area contributed by atoms with Crippen molar-refractivity contribution in [2.24, 2.45) is 0 Å². The highest BCUT2D eigenvalue weighted by atomic mass is 16.3. The summed E-state index contributed by atoms with van der Waals surface area (Å²) >= 11 is 0. The molecule has 0 unspecified atom stereocenters. The fourth-order valence-electron chi connectivity index (χ4n) is 2.76. The van der Waals surface area contributed by atoms with Crippen molar-refractivity contribution in [3.05, 3.63) is 35.9 Å². The first-order valence-corrected chi connectivity index (χ1v) is 7.48. The number of rotatable bonds is 11. The molecule has 114 valence electrons. The number of hydrogen-bond acceptors (Lipinski definition) is 3. The largest absolute Gasteiger partial charge is 0.396 e. The second kappa shape index (κ2) is 9.88. The van der Waals surface area contributed by atoms with E-state index in [1.165, 1.54) is 5.56 Å². The summed E-state index contributed by atoms with van der Waals surface area (Å²) < 4.78 is 0.825. The fraction of sp³-hybridized carbons (Fsp3) is 0.625. The Balaban J connectivity index is 2.81. The number of quaternary nitrogens is 1. The second-order valence-corrected chi connectivity index (χ2v) is 5.39. The molecule has 0 saturated heterocycles. The van der Waals surface area contributed by atoms with Gasteiger partial charge in [0.15, 0.2) is 0 Å². The third-order valence-electron chi connectivity index (χ3n) is 3.73. The normalized spacial score (nSPS) is 11.8. The van der Waals surface area contributed by atoms with Crippen LogP contribution in [0.4, 0.5) is 0 Å². The summed E-state index contributed by atoms with van der Waals surface area (Å²) in [5.41, 5.74) is 1.27. The Hall–Kier alpha value is -0.940. The molecule has 0 aliphatic heterocycles. The van der Waals surface area contributed by atoms with E-state index < -0.39 is 0 Å². The Morgan fingerprint density at radius 3 is 1.55 bits per heavy atom. The summed E-state index contributed by atoms with van der Waals surface area (Å²) in [7, 11) is 0. The molecule has 1 rings (SSSR count). The van der Waals surface area contributed by atoms with Crippen LogP contribution in [0.2, 0.25) is 0 Å². The molecule has 0 bridgehead atoms. The van der Waals surface area contributed by atoms with E-state index >= 15 is 0 Å². The van der Waals surface area contributed by atoms with Crippen molar-refractivity contribution in [3.63, 3.8) is 0 Å². The van der Waals surface area contributed by atoms with Crippen LogP contribution in [-0.2, 0) is 6.54 Å². The first-order valence-electron chi connectivity index (χ1n) is 7.48. The summed E-state index contributed by atoms with van der Waals surface area (Å²) in [4.78, 5) is 0. The molecule has 1 aromatic rings. The number of aliphatic hydroxyl groups excluding tert-OH is 3. The first kappa shape index (κ1) is 17.1. The summed E-state index contributed by atoms with van der Waals surface area (Å²) in [5.74, 6) is 0. The quantitative estimate of drug-likeness (QED) is 0.534. The van der Waals surface area contributed by atoms with Gasteiger partial charge in [-0.2, -0.15) is 0 Å². The van der Waals surface area contributed by atoms with Gasteiger partial charge in [0.05, 0.1) is 19.6 Å². The van der Waals surface area contributed by atoms with E-state index in [-0.39, 0.29) is 19.8 Å². The fourth-order valence-corrected chi connectivity index (χ4v) is 2.76. The SMILES string of the molecule is OCCC[N+](CCCO)(CCCO)Cc1ccccc1. The van der Waals surface area contributed by atoms with E-state index in [0.29, 0.717) is 0 Å². The van der Waals surface area contributed by atoms with Gasteiger partial charge in [0.2, 0.25) is 0 Å². The van der Waals surface area contributed by atoms with E-state index in [2.05, 4.69) is 12.1 Å². The molecule has 0 spiro atoms. The lowest BCUT2D eigenvalue weighted by Crippen LogP contribution is -2.50. The zero-order valence-corrected chi connectivity index (χ0v) is 12.2. The van der Waals surface area contributed by atoms with E-state index in [4.69, 9.17) is 15.3 Å². The van der Waals surface area contributed by atoms with Crippen molar-refractivity contribution >= 4 is 0 Å². The van der Waals surface area contributed by atoms with Crippen LogP contribution in [0.5, 0.6) is 0 Å². The molecule has 0 atom stereocenters. The molecular formula is C16H28NO3+. The van der Waals surface area contributed by atoms with Crippen LogP contribution in [0, 0.1) is 0 Å². The maximum atomic E-state index is 9.14. The molecule has 3 N–H and O–H groups in total. The Morgan fingerprint density at radius 2 is 1.15 bits per heavy atom. The average Bonchev–Trinajstić information content (AvgIpc) is 2.49. The van der Waals surface area contributed by atoms with Crippen LogP contribution in [0.15, 0.2) is 30.3 Å². The minimum atomic E-state index is 0.188. The third kappa shape index (κ3) is 6.01. The lowest BCUT2D eigenvalue weighted by Gasteiger charge is -2.39. The van der Waals surface area contributed by atoms with Gasteiger partial charge in [0.1, 0.15) is 6.54 Å². The molecule has 20 heavy (non-hydrogen) atoms. The maximum absolute atomic E-state index is 9.14. The highest BCUT2D eigenvalue weighted by Gasteiger charge is 2.26. The van der Waals surface area contributed by atoms with Crippen LogP contribution in [0.3, 0.4) is 0 Å². The van der Waals surface area contributed by atoms with Gasteiger partial charge in [-0.3, -0.25) is 0 Å². The van der Waals surface area contributed by atoms with Crippen molar-refractivity contribution in [2.75, 3.05) is 39.5 Å². The van der Waals surface area contributed by atoms with Gasteiger partial charge in [-0.1, -0.05) is 30.3 Å². The zero-order chi connectivity index (χ0) is 14.7. The predicted octanol–water partition coefficient (Wildman–Crippen LogP) is 1.15. The summed E-state index contributed by atoms with van der Waals surface area (Å²) in [6.07, 6.45) is 2.26. The van der Waals surface area contributed by atoms with Crippen LogP contribution in [0.25, 0.3) is 0 Å². The van der Waals surface area contributed by atoms with Gasteiger partial charge in [0, 0.05) is 44.6 Å². The van der Waals surface area contributed by atoms with Crippen molar-refractivity contribution in [1.29, 1.82) is 0 Å². The lowest BCUT2D eigenvalue weighted by atomic mass is 10.1. The molecule has 0 amide bonds. The summed E-state index contributed by atoms with van der Waals surface area (Å²) in [6.45, 7) is 4.09. The Morgan fingerprint density at radius 1 is 0.700 bits per heavy atom. The smallest absolute Gasteiger partial charge is 0.104 e. The number of benzene rings is 1. The second-order valence-electron chi connectivity index (χ2n) is 5.39. The minimum absolute atomic E-state index is 0.188. The Bertz CT molecular complexity index is 321. The Labute approximate surface area is 121 Å². The van der Waals surface area contributed by atoms with Crippen molar-refractivity contribution in [1.82, 2.24) is 0 Å². The minimum Gasteiger partial charge on any atom is -0.396 e. The van der Waals surface area contributed by atoms with E-state index in [1.807, 2.05) is 18.2 Å². The standard InChI is InChI=1S/C16H28NO3/c18-12-4-9-17(10-5-13-19,11-6-14-20)15-16-7-2-1-3-8-16/h1-3,7-8,18-20H,4-6,9-15H2/q+1. The summed E-state index contributed by atoms with van der Waals surface area (Å²) in [5, 5.41) is 27.4. The molecule has 4 heteroatoms. The summed E-state index contributed by atoms with van der Waals surface area (Å²) in [6, 6.07) is 10.3. The van der Waals surface area contributed by atoms with Gasteiger partial charge in [-0.15, -0.1) is 0 Å². The molecule has 0 aliphatic carbocycles. The molecular weight excluding hydrogens is 254 g/mol. The van der Waals surface area contributed by atoms with Gasteiger partial charge in [0.25, 0.3) is 0 Å². The molecule has 0 fully saturated rings. The van der Waals surface area contributed by atoms with Crippen LogP contribution >= 0.6 is 0 Å². The molecule has 4 nitrogen and oxygen atoms in total. The number of nitrogens with zero attached hydrogens (tertiary/aromatic N) is 1. The molecule has 0 aromatic heterocycles. The van der Waals surface area contributed by atoms with Gasteiger partial charge in [-0.25, -0.2) is 0 Å². The monoisotopic (exact) mass is 282 g/mol. The zero-order valence-electron chi connectivity index (χ0n) is 12.2. The van der Waals surface area contributed by atoms with E-state index in [0.717, 1.165) is 49.9 Å². The molecule has 0 aliphatic rings. The van der Waals surface area contributed by atoms with Crippen LogP contribution in [0.1, 0.15) is 24.8 Å². The maximum Gasteiger partial charge on any atom is 0.104 e. The lowest BCUT2D eigenvalue weighted by molar-refractivity contribution is -0.941. The number of hydrogen-bond donors (Lipinski definition) is 3. The van der Waals surface area contributed by atoms with Crippen molar-refractivity contribution in [3.8, 4) is 0 Å². The highest BCUT2D eigenvalue weighted by molar-refractivity contribution is 5.13. The van der Waals surface area contributed by atoms with Gasteiger partial charge in [-0.05, 0) is 0 Å². The average molecular weight is 282 g/mol. The number of aliphatic hydroxyl groups is 3. The molecule has 0 radical (unpaired) electrons. The highest BCUT2D eigenvalue weighted by Crippen LogP contribution is 2.18. The van der Waals surface area contributed by atoms with E-state index in [1.54, 1.807) is 0 Å². The van der Waals surface area contributed by atoms with E-state index in [9.17, 15) is 0 Å². The van der Waals surface area contributed by atoms with Crippen molar-refractivity contribution in [2.45, 2.75) is 25.8 Å². The first-order chi connectivity index (χ1) is 9.76.